The molecular formula is C12H16N2O2S. The molecule has 2 heterocycles. The lowest BCUT2D eigenvalue weighted by atomic mass is 10.1. The first-order chi connectivity index (χ1) is 8.29. The normalized spacial score (nSPS) is 28.2. The third-order valence-electron chi connectivity index (χ3n) is 3.66. The van der Waals surface area contributed by atoms with E-state index < -0.39 is 0 Å². The number of anilines is 1. The van der Waals surface area contributed by atoms with Crippen LogP contribution in [-0.2, 0) is 4.74 Å². The Morgan fingerprint density at radius 1 is 1.53 bits per heavy atom. The van der Waals surface area contributed by atoms with Gasteiger partial charge in [0.05, 0.1) is 29.3 Å². The number of carbonyl (C=O) groups is 1. The zero-order valence-corrected chi connectivity index (χ0v) is 10.7. The lowest BCUT2D eigenvalue weighted by molar-refractivity contribution is 0.0256. The van der Waals surface area contributed by atoms with Crippen molar-refractivity contribution in [2.75, 3.05) is 18.1 Å². The van der Waals surface area contributed by atoms with E-state index in [1.165, 1.54) is 24.2 Å². The average Bonchev–Trinajstić information content (AvgIpc) is 2.94. The summed E-state index contributed by atoms with van der Waals surface area (Å²) in [5.41, 5.74) is 0.848. The Morgan fingerprint density at radius 3 is 3.18 bits per heavy atom. The van der Waals surface area contributed by atoms with Crippen LogP contribution in [0.5, 0.6) is 0 Å². The van der Waals surface area contributed by atoms with Crippen LogP contribution in [0.25, 0.3) is 0 Å². The van der Waals surface area contributed by atoms with Crippen LogP contribution in [0.3, 0.4) is 0 Å². The topological polar surface area (TPSA) is 42.4 Å². The Balaban J connectivity index is 1.88. The molecule has 0 aromatic carbocycles. The second kappa shape index (κ2) is 4.38. The molecule has 1 aromatic rings. The zero-order chi connectivity index (χ0) is 11.8. The SMILES string of the molecule is Cc1nc(N2CCOC3CCCC32)sc1C=O. The highest BCUT2D eigenvalue weighted by Gasteiger charge is 2.37. The maximum Gasteiger partial charge on any atom is 0.186 e. The van der Waals surface area contributed by atoms with E-state index in [-0.39, 0.29) is 0 Å². The molecule has 0 amide bonds. The Labute approximate surface area is 105 Å². The van der Waals surface area contributed by atoms with Gasteiger partial charge in [-0.05, 0) is 26.2 Å². The summed E-state index contributed by atoms with van der Waals surface area (Å²) < 4.78 is 5.78. The molecule has 2 aliphatic rings. The van der Waals surface area contributed by atoms with Gasteiger partial charge in [0, 0.05) is 6.54 Å². The molecule has 1 saturated heterocycles. The number of aldehydes is 1. The van der Waals surface area contributed by atoms with Gasteiger partial charge in [-0.15, -0.1) is 0 Å². The van der Waals surface area contributed by atoms with Crippen molar-refractivity contribution in [1.29, 1.82) is 0 Å². The molecular weight excluding hydrogens is 236 g/mol. The lowest BCUT2D eigenvalue weighted by Crippen LogP contribution is -2.48. The maximum absolute atomic E-state index is 10.9. The number of aromatic nitrogens is 1. The van der Waals surface area contributed by atoms with Gasteiger partial charge in [-0.1, -0.05) is 11.3 Å². The molecule has 4 nitrogen and oxygen atoms in total. The van der Waals surface area contributed by atoms with Crippen LogP contribution in [0.2, 0.25) is 0 Å². The smallest absolute Gasteiger partial charge is 0.186 e. The number of carbonyl (C=O) groups excluding carboxylic acids is 1. The molecule has 3 rings (SSSR count). The number of nitrogens with zero attached hydrogens (tertiary/aromatic N) is 2. The van der Waals surface area contributed by atoms with E-state index in [0.717, 1.165) is 41.6 Å². The molecule has 2 atom stereocenters. The monoisotopic (exact) mass is 252 g/mol. The van der Waals surface area contributed by atoms with Crippen molar-refractivity contribution < 1.29 is 9.53 Å². The van der Waals surface area contributed by atoms with Gasteiger partial charge in [-0.3, -0.25) is 4.79 Å². The summed E-state index contributed by atoms with van der Waals surface area (Å²) in [5.74, 6) is 0. The number of morpholine rings is 1. The Bertz CT molecular complexity index is 432. The van der Waals surface area contributed by atoms with Gasteiger partial charge in [0.1, 0.15) is 0 Å². The number of fused-ring (bicyclic) bond motifs is 1. The molecule has 2 fully saturated rings. The van der Waals surface area contributed by atoms with E-state index in [2.05, 4.69) is 9.88 Å². The summed E-state index contributed by atoms with van der Waals surface area (Å²) in [5, 5.41) is 0.991. The third-order valence-corrected chi connectivity index (χ3v) is 4.78. The molecule has 17 heavy (non-hydrogen) atoms. The van der Waals surface area contributed by atoms with E-state index in [9.17, 15) is 4.79 Å². The summed E-state index contributed by atoms with van der Waals surface area (Å²) >= 11 is 1.51. The van der Waals surface area contributed by atoms with E-state index >= 15 is 0 Å². The van der Waals surface area contributed by atoms with Crippen LogP contribution in [0.15, 0.2) is 0 Å². The quantitative estimate of drug-likeness (QED) is 0.755. The first kappa shape index (κ1) is 11.2. The highest BCUT2D eigenvalue weighted by Crippen LogP contribution is 2.35. The fourth-order valence-corrected chi connectivity index (χ4v) is 3.75. The van der Waals surface area contributed by atoms with Gasteiger partial charge in [0.25, 0.3) is 0 Å². The Kier molecular flexibility index (Phi) is 2.88. The van der Waals surface area contributed by atoms with Crippen molar-refractivity contribution in [2.45, 2.75) is 38.3 Å². The molecule has 1 aliphatic carbocycles. The predicted molar refractivity (Wildman–Crippen MR) is 67.0 cm³/mol. The second-order valence-corrected chi connectivity index (χ2v) is 5.67. The average molecular weight is 252 g/mol. The molecule has 1 saturated carbocycles. The van der Waals surface area contributed by atoms with Crippen LogP contribution >= 0.6 is 11.3 Å². The number of thiazole rings is 1. The number of ether oxygens (including phenoxy) is 1. The summed E-state index contributed by atoms with van der Waals surface area (Å²) in [4.78, 5) is 18.5. The van der Waals surface area contributed by atoms with Gasteiger partial charge in [0.15, 0.2) is 11.4 Å². The fraction of sp³-hybridized carbons (Fsp3) is 0.667. The van der Waals surface area contributed by atoms with E-state index in [1.54, 1.807) is 0 Å². The molecule has 0 N–H and O–H groups in total. The molecule has 0 bridgehead atoms. The van der Waals surface area contributed by atoms with Crippen molar-refractivity contribution >= 4 is 22.8 Å². The van der Waals surface area contributed by atoms with Crippen LogP contribution in [0, 0.1) is 6.92 Å². The summed E-state index contributed by atoms with van der Waals surface area (Å²) in [6.45, 7) is 3.57. The van der Waals surface area contributed by atoms with Crippen LogP contribution in [0.4, 0.5) is 5.13 Å². The van der Waals surface area contributed by atoms with E-state index in [0.29, 0.717) is 12.1 Å². The lowest BCUT2D eigenvalue weighted by Gasteiger charge is -2.37. The Morgan fingerprint density at radius 2 is 2.41 bits per heavy atom. The minimum atomic E-state index is 0.368. The summed E-state index contributed by atoms with van der Waals surface area (Å²) in [6, 6.07) is 0.466. The number of hydrogen-bond donors (Lipinski definition) is 0. The minimum absolute atomic E-state index is 0.368. The second-order valence-electron chi connectivity index (χ2n) is 4.66. The first-order valence-electron chi connectivity index (χ1n) is 6.10. The van der Waals surface area contributed by atoms with Crippen LogP contribution in [0.1, 0.15) is 34.6 Å². The van der Waals surface area contributed by atoms with Crippen molar-refractivity contribution in [3.8, 4) is 0 Å². The van der Waals surface area contributed by atoms with Crippen molar-refractivity contribution in [3.63, 3.8) is 0 Å². The number of aryl methyl sites for hydroxylation is 1. The molecule has 0 radical (unpaired) electrons. The zero-order valence-electron chi connectivity index (χ0n) is 9.89. The predicted octanol–water partition coefficient (Wildman–Crippen LogP) is 2.02. The first-order valence-corrected chi connectivity index (χ1v) is 6.92. The van der Waals surface area contributed by atoms with E-state index in [4.69, 9.17) is 4.74 Å². The maximum atomic E-state index is 10.9. The van der Waals surface area contributed by atoms with Gasteiger partial charge >= 0.3 is 0 Å². The standard InChI is InChI=1S/C12H16N2O2S/c1-8-11(7-15)17-12(13-8)14-5-6-16-10-4-2-3-9(10)14/h7,9-10H,2-6H2,1H3. The van der Waals surface area contributed by atoms with Gasteiger partial charge in [0.2, 0.25) is 0 Å². The highest BCUT2D eigenvalue weighted by atomic mass is 32.1. The van der Waals surface area contributed by atoms with Crippen molar-refractivity contribution in [3.05, 3.63) is 10.6 Å². The van der Waals surface area contributed by atoms with Crippen LogP contribution < -0.4 is 4.90 Å². The van der Waals surface area contributed by atoms with Gasteiger partial charge in [-0.25, -0.2) is 4.98 Å². The minimum Gasteiger partial charge on any atom is -0.374 e. The van der Waals surface area contributed by atoms with Crippen molar-refractivity contribution in [1.82, 2.24) is 4.98 Å². The molecule has 0 spiro atoms. The molecule has 1 aliphatic heterocycles. The number of hydrogen-bond acceptors (Lipinski definition) is 5. The van der Waals surface area contributed by atoms with Crippen molar-refractivity contribution in [2.24, 2.45) is 0 Å². The molecule has 5 heteroatoms. The largest absolute Gasteiger partial charge is 0.374 e. The molecule has 1 aromatic heterocycles. The van der Waals surface area contributed by atoms with Crippen LogP contribution in [-0.4, -0.2) is 36.6 Å². The van der Waals surface area contributed by atoms with Gasteiger partial charge in [-0.2, -0.15) is 0 Å². The third kappa shape index (κ3) is 1.87. The number of rotatable bonds is 2. The molecule has 2 unspecified atom stereocenters. The molecule has 92 valence electrons. The fourth-order valence-electron chi connectivity index (χ4n) is 2.79. The highest BCUT2D eigenvalue weighted by molar-refractivity contribution is 7.17. The van der Waals surface area contributed by atoms with Gasteiger partial charge < -0.3 is 9.64 Å². The Hall–Kier alpha value is -0.940. The summed E-state index contributed by atoms with van der Waals surface area (Å²) in [6.07, 6.45) is 4.85. The van der Waals surface area contributed by atoms with E-state index in [1.807, 2.05) is 6.92 Å². The summed E-state index contributed by atoms with van der Waals surface area (Å²) in [7, 11) is 0.